The van der Waals surface area contributed by atoms with Gasteiger partial charge in [-0.15, -0.1) is 11.8 Å². The summed E-state index contributed by atoms with van der Waals surface area (Å²) in [7, 11) is 0. The summed E-state index contributed by atoms with van der Waals surface area (Å²) in [6, 6.07) is 8.41. The monoisotopic (exact) mass is 345 g/mol. The fourth-order valence-electron chi connectivity index (χ4n) is 2.95. The molecule has 1 aromatic carbocycles. The Morgan fingerprint density at radius 3 is 2.38 bits per heavy atom. The molecule has 24 heavy (non-hydrogen) atoms. The van der Waals surface area contributed by atoms with E-state index in [1.165, 1.54) is 17.3 Å². The van der Waals surface area contributed by atoms with E-state index in [0.29, 0.717) is 23.1 Å². The minimum Gasteiger partial charge on any atom is -0.310 e. The molecule has 0 saturated carbocycles. The van der Waals surface area contributed by atoms with Crippen LogP contribution in [0.2, 0.25) is 0 Å². The van der Waals surface area contributed by atoms with Gasteiger partial charge in [0.1, 0.15) is 5.82 Å². The first-order valence-electron chi connectivity index (χ1n) is 8.24. The van der Waals surface area contributed by atoms with E-state index in [4.69, 9.17) is 0 Å². The fraction of sp³-hybridized carbons (Fsp3) is 0.444. The van der Waals surface area contributed by atoms with Crippen molar-refractivity contribution < 1.29 is 4.79 Å². The third-order valence-corrected chi connectivity index (χ3v) is 5.56. The van der Waals surface area contributed by atoms with Gasteiger partial charge in [-0.25, -0.2) is 0 Å². The Morgan fingerprint density at radius 1 is 1.12 bits per heavy atom. The molecule has 0 spiro atoms. The first-order valence-corrected chi connectivity index (χ1v) is 9.29. The third-order valence-electron chi connectivity index (χ3n) is 4.29. The van der Waals surface area contributed by atoms with Crippen LogP contribution in [0.15, 0.2) is 29.1 Å². The lowest BCUT2D eigenvalue weighted by molar-refractivity contribution is -0.113. The van der Waals surface area contributed by atoms with Crippen molar-refractivity contribution in [2.75, 3.05) is 11.1 Å². The molecule has 0 fully saturated rings. The predicted octanol–water partition coefficient (Wildman–Crippen LogP) is 3.66. The van der Waals surface area contributed by atoms with Crippen molar-refractivity contribution in [3.63, 3.8) is 0 Å². The van der Waals surface area contributed by atoms with Crippen LogP contribution in [0.3, 0.4) is 0 Å². The van der Waals surface area contributed by atoms with Gasteiger partial charge in [-0.05, 0) is 30.9 Å². The Morgan fingerprint density at radius 2 is 1.79 bits per heavy atom. The van der Waals surface area contributed by atoms with Gasteiger partial charge in [0.2, 0.25) is 5.91 Å². The number of anilines is 1. The number of aromatic amines is 1. The first-order chi connectivity index (χ1) is 11.4. The lowest BCUT2D eigenvalue weighted by Gasteiger charge is -2.16. The van der Waals surface area contributed by atoms with Gasteiger partial charge in [0.15, 0.2) is 0 Å². The molecular formula is C18H23N3O2S. The topological polar surface area (TPSA) is 66.9 Å². The van der Waals surface area contributed by atoms with Crippen LogP contribution in [0.4, 0.5) is 5.82 Å². The van der Waals surface area contributed by atoms with E-state index in [9.17, 15) is 9.59 Å². The van der Waals surface area contributed by atoms with Crippen molar-refractivity contribution in [1.82, 2.24) is 9.78 Å². The molecular weight excluding hydrogens is 322 g/mol. The number of aromatic nitrogens is 2. The molecule has 1 amide bonds. The van der Waals surface area contributed by atoms with Crippen LogP contribution in [0, 0.1) is 0 Å². The number of hydrogen-bond donors (Lipinski definition) is 2. The van der Waals surface area contributed by atoms with Crippen molar-refractivity contribution >= 4 is 23.5 Å². The molecule has 3 rings (SSSR count). The highest BCUT2D eigenvalue weighted by atomic mass is 32.2. The zero-order valence-electron chi connectivity index (χ0n) is 14.4. The number of carbonyl (C=O) groups excluding carboxylic acids is 1. The maximum Gasteiger partial charge on any atom is 0.270 e. The SMILES string of the molecule is CC(C)c1ccc([C@H]2SCC(=O)Nc3c2c(=O)[nH]n3C(C)C)cc1. The molecule has 0 saturated heterocycles. The Bertz CT molecular complexity index is 803. The van der Waals surface area contributed by atoms with E-state index in [-0.39, 0.29) is 22.8 Å². The summed E-state index contributed by atoms with van der Waals surface area (Å²) in [5, 5.41) is 5.61. The summed E-state index contributed by atoms with van der Waals surface area (Å²) >= 11 is 1.50. The molecule has 2 N–H and O–H groups in total. The quantitative estimate of drug-likeness (QED) is 0.892. The van der Waals surface area contributed by atoms with E-state index >= 15 is 0 Å². The normalized spacial score (nSPS) is 17.8. The first kappa shape index (κ1) is 16.9. The second-order valence-corrected chi connectivity index (χ2v) is 7.82. The van der Waals surface area contributed by atoms with Gasteiger partial charge in [-0.3, -0.25) is 19.4 Å². The van der Waals surface area contributed by atoms with Gasteiger partial charge in [0, 0.05) is 6.04 Å². The second-order valence-electron chi connectivity index (χ2n) is 6.73. The standard InChI is InChI=1S/C18H23N3O2S/c1-10(2)12-5-7-13(8-6-12)16-15-17(19-14(22)9-24-16)21(11(3)4)20-18(15)23/h5-8,10-11,16H,9H2,1-4H3,(H,19,22)(H,20,23)/t16-/m1/s1. The van der Waals surface area contributed by atoms with Crippen molar-refractivity contribution in [1.29, 1.82) is 0 Å². The molecule has 1 aliphatic rings. The maximum absolute atomic E-state index is 12.6. The summed E-state index contributed by atoms with van der Waals surface area (Å²) in [6.07, 6.45) is 0. The lowest BCUT2D eigenvalue weighted by atomic mass is 9.99. The van der Waals surface area contributed by atoms with Gasteiger partial charge in [0.25, 0.3) is 5.56 Å². The predicted molar refractivity (Wildman–Crippen MR) is 98.9 cm³/mol. The zero-order valence-corrected chi connectivity index (χ0v) is 15.2. The van der Waals surface area contributed by atoms with E-state index in [1.807, 2.05) is 13.8 Å². The summed E-state index contributed by atoms with van der Waals surface area (Å²) in [6.45, 7) is 8.27. The van der Waals surface area contributed by atoms with Gasteiger partial charge < -0.3 is 5.32 Å². The molecule has 1 atom stereocenters. The molecule has 0 radical (unpaired) electrons. The lowest BCUT2D eigenvalue weighted by Crippen LogP contribution is -2.17. The molecule has 1 aliphatic heterocycles. The van der Waals surface area contributed by atoms with Crippen LogP contribution in [-0.2, 0) is 4.79 Å². The second kappa shape index (κ2) is 6.51. The minimum absolute atomic E-state index is 0.0637. The highest BCUT2D eigenvalue weighted by Crippen LogP contribution is 2.40. The van der Waals surface area contributed by atoms with Crippen LogP contribution >= 0.6 is 11.8 Å². The molecule has 128 valence electrons. The zero-order chi connectivity index (χ0) is 17.4. The molecule has 2 aromatic rings. The van der Waals surface area contributed by atoms with Crippen molar-refractivity contribution in [3.8, 4) is 0 Å². The van der Waals surface area contributed by atoms with Gasteiger partial charge in [0.05, 0.1) is 16.6 Å². The van der Waals surface area contributed by atoms with Crippen molar-refractivity contribution in [3.05, 3.63) is 51.3 Å². The highest BCUT2D eigenvalue weighted by Gasteiger charge is 2.30. The molecule has 0 aliphatic carbocycles. The number of amides is 1. The number of H-pyrrole nitrogens is 1. The molecule has 0 unspecified atom stereocenters. The number of hydrogen-bond acceptors (Lipinski definition) is 3. The minimum atomic E-state index is -0.149. The maximum atomic E-state index is 12.6. The highest BCUT2D eigenvalue weighted by molar-refractivity contribution is 8.00. The fourth-order valence-corrected chi connectivity index (χ4v) is 4.08. The van der Waals surface area contributed by atoms with E-state index in [0.717, 1.165) is 5.56 Å². The van der Waals surface area contributed by atoms with Crippen LogP contribution in [-0.4, -0.2) is 21.4 Å². The Kier molecular flexibility index (Phi) is 4.58. The number of carbonyl (C=O) groups is 1. The van der Waals surface area contributed by atoms with Crippen molar-refractivity contribution in [2.24, 2.45) is 0 Å². The molecule has 1 aromatic heterocycles. The van der Waals surface area contributed by atoms with Crippen LogP contribution < -0.4 is 10.9 Å². The van der Waals surface area contributed by atoms with Crippen molar-refractivity contribution in [2.45, 2.75) is 44.9 Å². The summed E-state index contributed by atoms with van der Waals surface area (Å²) in [5.41, 5.74) is 2.82. The largest absolute Gasteiger partial charge is 0.310 e. The number of nitrogens with one attached hydrogen (secondary N) is 2. The summed E-state index contributed by atoms with van der Waals surface area (Å²) < 4.78 is 1.75. The van der Waals surface area contributed by atoms with E-state index in [1.54, 1.807) is 4.68 Å². The van der Waals surface area contributed by atoms with Gasteiger partial charge >= 0.3 is 0 Å². The average molecular weight is 345 g/mol. The molecule has 5 nitrogen and oxygen atoms in total. The number of nitrogens with zero attached hydrogens (tertiary/aromatic N) is 1. The Hall–Kier alpha value is -1.95. The van der Waals surface area contributed by atoms with Gasteiger partial charge in [-0.2, -0.15) is 0 Å². The van der Waals surface area contributed by atoms with Crippen LogP contribution in [0.25, 0.3) is 0 Å². The van der Waals surface area contributed by atoms with Crippen LogP contribution in [0.5, 0.6) is 0 Å². The smallest absolute Gasteiger partial charge is 0.270 e. The third kappa shape index (κ3) is 3.02. The van der Waals surface area contributed by atoms with E-state index < -0.39 is 0 Å². The molecule has 0 bridgehead atoms. The van der Waals surface area contributed by atoms with E-state index in [2.05, 4.69) is 48.5 Å². The molecule has 6 heteroatoms. The number of thioether (sulfide) groups is 1. The van der Waals surface area contributed by atoms with Crippen LogP contribution in [0.1, 0.15) is 61.6 Å². The summed E-state index contributed by atoms with van der Waals surface area (Å²) in [4.78, 5) is 24.7. The Balaban J connectivity index is 2.10. The molecule has 2 heterocycles. The van der Waals surface area contributed by atoms with Gasteiger partial charge in [-0.1, -0.05) is 38.1 Å². The average Bonchev–Trinajstić information content (AvgIpc) is 2.75. The Labute approximate surface area is 145 Å². The summed E-state index contributed by atoms with van der Waals surface area (Å²) in [5.74, 6) is 1.33. The number of benzene rings is 1. The number of fused-ring (bicyclic) bond motifs is 1. The number of rotatable bonds is 3.